The zero-order valence-corrected chi connectivity index (χ0v) is 12.4. The van der Waals surface area contributed by atoms with Crippen LogP contribution in [0.2, 0.25) is 0 Å². The van der Waals surface area contributed by atoms with Crippen LogP contribution in [0.25, 0.3) is 16.1 Å². The summed E-state index contributed by atoms with van der Waals surface area (Å²) in [6.45, 7) is 2.14. The number of hydrogen-bond acceptors (Lipinski definition) is 2. The molecule has 1 aromatic heterocycles. The molecular formula is C17H16NOS+. The van der Waals surface area contributed by atoms with Crippen LogP contribution in [0.3, 0.4) is 0 Å². The van der Waals surface area contributed by atoms with Crippen LogP contribution in [0, 0.1) is 6.92 Å². The number of para-hydroxylation sites is 1. The molecule has 2 aromatic carbocycles. The highest BCUT2D eigenvalue weighted by Gasteiger charge is 2.16. The van der Waals surface area contributed by atoms with E-state index in [9.17, 15) is 0 Å². The average Bonchev–Trinajstić information content (AvgIpc) is 2.90. The highest BCUT2D eigenvalue weighted by Crippen LogP contribution is 2.27. The summed E-state index contributed by atoms with van der Waals surface area (Å²) in [6, 6.07) is 18.6. The van der Waals surface area contributed by atoms with Crippen LogP contribution in [0.1, 0.15) is 5.01 Å². The van der Waals surface area contributed by atoms with Crippen LogP contribution in [-0.4, -0.2) is 7.11 Å². The van der Waals surface area contributed by atoms with Crippen molar-refractivity contribution < 1.29 is 9.30 Å². The van der Waals surface area contributed by atoms with Crippen LogP contribution >= 0.6 is 11.3 Å². The maximum atomic E-state index is 5.20. The molecule has 0 radical (unpaired) electrons. The van der Waals surface area contributed by atoms with E-state index in [-0.39, 0.29) is 0 Å². The normalized spacial score (nSPS) is 10.5. The van der Waals surface area contributed by atoms with Crippen LogP contribution in [0.4, 0.5) is 0 Å². The van der Waals surface area contributed by atoms with Crippen molar-refractivity contribution in [1.82, 2.24) is 0 Å². The van der Waals surface area contributed by atoms with Crippen molar-refractivity contribution in [3.63, 3.8) is 0 Å². The van der Waals surface area contributed by atoms with E-state index in [1.807, 2.05) is 18.2 Å². The Labute approximate surface area is 122 Å². The molecule has 0 amide bonds. The molecule has 2 nitrogen and oxygen atoms in total. The van der Waals surface area contributed by atoms with Gasteiger partial charge in [0.25, 0.3) is 0 Å². The number of thiazole rings is 1. The Morgan fingerprint density at radius 1 is 0.950 bits per heavy atom. The summed E-state index contributed by atoms with van der Waals surface area (Å²) in [6.07, 6.45) is 2.19. The largest absolute Gasteiger partial charge is 0.497 e. The van der Waals surface area contributed by atoms with Gasteiger partial charge in [-0.15, -0.1) is 0 Å². The lowest BCUT2D eigenvalue weighted by atomic mass is 10.2. The molecule has 0 saturated heterocycles. The first-order valence-corrected chi connectivity index (χ1v) is 7.31. The van der Waals surface area contributed by atoms with Crippen LogP contribution in [0.5, 0.6) is 5.75 Å². The summed E-state index contributed by atoms with van der Waals surface area (Å²) >= 11 is 1.80. The van der Waals surface area contributed by atoms with Crippen LogP contribution in [-0.2, 0) is 0 Å². The van der Waals surface area contributed by atoms with Crippen molar-refractivity contribution in [2.75, 3.05) is 7.11 Å². The lowest BCUT2D eigenvalue weighted by Gasteiger charge is -1.99. The second-order valence-corrected chi connectivity index (χ2v) is 5.78. The zero-order chi connectivity index (χ0) is 13.9. The monoisotopic (exact) mass is 282 g/mol. The second-order valence-electron chi connectivity index (χ2n) is 4.55. The molecule has 0 N–H and O–H groups in total. The summed E-state index contributed by atoms with van der Waals surface area (Å²) in [4.78, 5) is 1.26. The molecule has 0 saturated carbocycles. The van der Waals surface area contributed by atoms with E-state index in [0.29, 0.717) is 0 Å². The molecule has 100 valence electrons. The van der Waals surface area contributed by atoms with Crippen LogP contribution in [0.15, 0.2) is 60.8 Å². The van der Waals surface area contributed by atoms with Gasteiger partial charge in [-0.05, 0) is 29.8 Å². The molecular weight excluding hydrogens is 266 g/mol. The summed E-state index contributed by atoms with van der Waals surface area (Å²) < 4.78 is 7.43. The van der Waals surface area contributed by atoms with Crippen molar-refractivity contribution in [3.05, 3.63) is 65.8 Å². The van der Waals surface area contributed by atoms with E-state index in [0.717, 1.165) is 5.75 Å². The average molecular weight is 282 g/mol. The van der Waals surface area contributed by atoms with Gasteiger partial charge >= 0.3 is 0 Å². The second kappa shape index (κ2) is 5.47. The first kappa shape index (κ1) is 12.9. The van der Waals surface area contributed by atoms with Gasteiger partial charge in [-0.3, -0.25) is 0 Å². The first-order valence-electron chi connectivity index (χ1n) is 6.50. The van der Waals surface area contributed by atoms with Gasteiger partial charge in [0.2, 0.25) is 10.7 Å². The molecule has 3 rings (SSSR count). The third-order valence-corrected chi connectivity index (χ3v) is 4.31. The summed E-state index contributed by atoms with van der Waals surface area (Å²) in [5, 5.41) is 1.27. The maximum absolute atomic E-state index is 5.20. The summed E-state index contributed by atoms with van der Waals surface area (Å²) in [5.41, 5.74) is 2.41. The molecule has 20 heavy (non-hydrogen) atoms. The van der Waals surface area contributed by atoms with E-state index in [1.54, 1.807) is 18.4 Å². The Morgan fingerprint density at radius 3 is 2.30 bits per heavy atom. The highest BCUT2D eigenvalue weighted by molar-refractivity contribution is 7.14. The molecule has 0 spiro atoms. The molecule has 3 heteroatoms. The third-order valence-electron chi connectivity index (χ3n) is 3.25. The van der Waals surface area contributed by atoms with Crippen molar-refractivity contribution in [2.45, 2.75) is 6.92 Å². The molecule has 0 unspecified atom stereocenters. The Balaban J connectivity index is 2.00. The van der Waals surface area contributed by atoms with E-state index < -0.39 is 0 Å². The minimum absolute atomic E-state index is 0.887. The Kier molecular flexibility index (Phi) is 3.52. The Morgan fingerprint density at radius 2 is 1.65 bits per heavy atom. The summed E-state index contributed by atoms with van der Waals surface area (Å²) in [5.74, 6) is 0.887. The molecule has 1 heterocycles. The van der Waals surface area contributed by atoms with E-state index >= 15 is 0 Å². The van der Waals surface area contributed by atoms with Crippen molar-refractivity contribution >= 4 is 11.3 Å². The van der Waals surface area contributed by atoms with Crippen molar-refractivity contribution in [2.24, 2.45) is 0 Å². The predicted molar refractivity (Wildman–Crippen MR) is 82.6 cm³/mol. The molecule has 0 bridgehead atoms. The van der Waals surface area contributed by atoms with Gasteiger partial charge in [-0.2, -0.15) is 4.57 Å². The number of hydrogen-bond donors (Lipinski definition) is 0. The fourth-order valence-corrected chi connectivity index (χ4v) is 3.16. The number of methoxy groups -OCH3 is 1. The van der Waals surface area contributed by atoms with E-state index in [2.05, 4.69) is 54.1 Å². The third kappa shape index (κ3) is 2.45. The number of rotatable bonds is 3. The van der Waals surface area contributed by atoms with Crippen LogP contribution < -0.4 is 9.30 Å². The number of benzene rings is 2. The number of aromatic nitrogens is 1. The molecule has 0 aliphatic rings. The quantitative estimate of drug-likeness (QED) is 0.662. The molecule has 0 fully saturated rings. The minimum Gasteiger partial charge on any atom is -0.497 e. The molecule has 0 aliphatic carbocycles. The fourth-order valence-electron chi connectivity index (χ4n) is 2.18. The van der Waals surface area contributed by atoms with Gasteiger partial charge in [-0.1, -0.05) is 29.5 Å². The van der Waals surface area contributed by atoms with Gasteiger partial charge < -0.3 is 4.74 Å². The molecule has 0 atom stereocenters. The maximum Gasteiger partial charge on any atom is 0.240 e. The SMILES string of the molecule is COc1ccc(-c2c[n+](-c3ccccc3)c(C)s2)cc1. The lowest BCUT2D eigenvalue weighted by molar-refractivity contribution is -0.596. The first-order chi connectivity index (χ1) is 9.78. The Hall–Kier alpha value is -2.13. The number of nitrogens with zero attached hydrogens (tertiary/aromatic N) is 1. The predicted octanol–water partition coefficient (Wildman–Crippen LogP) is 4.01. The topological polar surface area (TPSA) is 13.1 Å². The molecule has 0 aliphatic heterocycles. The van der Waals surface area contributed by atoms with Gasteiger partial charge in [0.05, 0.1) is 7.11 Å². The number of aryl methyl sites for hydroxylation is 1. The van der Waals surface area contributed by atoms with Gasteiger partial charge in [0, 0.05) is 19.1 Å². The zero-order valence-electron chi connectivity index (χ0n) is 11.5. The summed E-state index contributed by atoms with van der Waals surface area (Å²) in [7, 11) is 1.69. The smallest absolute Gasteiger partial charge is 0.240 e. The standard InChI is InChI=1S/C17H16NOS/c1-13-18(15-6-4-3-5-7-15)12-17(20-13)14-8-10-16(19-2)11-9-14/h3-12H,1-2H3/q+1. The molecule has 3 aromatic rings. The van der Waals surface area contributed by atoms with E-state index in [1.165, 1.54) is 21.1 Å². The van der Waals surface area contributed by atoms with Crippen molar-refractivity contribution in [3.8, 4) is 21.9 Å². The van der Waals surface area contributed by atoms with Crippen molar-refractivity contribution in [1.29, 1.82) is 0 Å². The van der Waals surface area contributed by atoms with Gasteiger partial charge in [0.15, 0.2) is 6.20 Å². The fraction of sp³-hybridized carbons (Fsp3) is 0.118. The Bertz CT molecular complexity index is 702. The van der Waals surface area contributed by atoms with Gasteiger partial charge in [0.1, 0.15) is 10.6 Å². The highest BCUT2D eigenvalue weighted by atomic mass is 32.1. The van der Waals surface area contributed by atoms with E-state index in [4.69, 9.17) is 4.74 Å². The van der Waals surface area contributed by atoms with Gasteiger partial charge in [-0.25, -0.2) is 0 Å². The number of ether oxygens (including phenoxy) is 1. The lowest BCUT2D eigenvalue weighted by Crippen LogP contribution is -2.30. The minimum atomic E-state index is 0.887.